The number of halogens is 1. The van der Waals surface area contributed by atoms with E-state index in [0.29, 0.717) is 29.5 Å². The van der Waals surface area contributed by atoms with E-state index in [2.05, 4.69) is 5.32 Å². The number of methoxy groups -OCH3 is 2. The first-order valence-corrected chi connectivity index (χ1v) is 10.4. The van der Waals surface area contributed by atoms with Gasteiger partial charge in [0.2, 0.25) is 0 Å². The minimum atomic E-state index is -0.438. The van der Waals surface area contributed by atoms with Crippen LogP contribution in [-0.2, 0) is 0 Å². The van der Waals surface area contributed by atoms with Gasteiger partial charge in [-0.1, -0.05) is 18.2 Å². The van der Waals surface area contributed by atoms with Crippen molar-refractivity contribution in [2.24, 2.45) is 0 Å². The number of fused-ring (bicyclic) bond motifs is 1. The second kappa shape index (κ2) is 9.18. The van der Waals surface area contributed by atoms with E-state index >= 15 is 0 Å². The zero-order chi connectivity index (χ0) is 21.8. The largest absolute Gasteiger partial charge is 0.497 e. The smallest absolute Gasteiger partial charge is 0.262 e. The van der Waals surface area contributed by atoms with E-state index < -0.39 is 6.17 Å². The van der Waals surface area contributed by atoms with Crippen LogP contribution in [0.15, 0.2) is 66.7 Å². The minimum absolute atomic E-state index is 0.120. The number of benzene rings is 3. The lowest BCUT2D eigenvalue weighted by atomic mass is 10.0. The summed E-state index contributed by atoms with van der Waals surface area (Å²) in [6.45, 7) is 0.434. The Labute approximate surface area is 186 Å². The fraction of sp³-hybridized carbons (Fsp3) is 0.208. The number of para-hydroxylation sites is 1. The number of ether oxygens (including phenoxy) is 3. The Morgan fingerprint density at radius 3 is 2.29 bits per heavy atom. The van der Waals surface area contributed by atoms with Crippen LogP contribution in [0.5, 0.6) is 17.2 Å². The van der Waals surface area contributed by atoms with Gasteiger partial charge in [-0.05, 0) is 54.1 Å². The molecular formula is C24H23ClN2O4. The van der Waals surface area contributed by atoms with Crippen LogP contribution in [0.1, 0.15) is 22.1 Å². The molecule has 1 aliphatic rings. The van der Waals surface area contributed by atoms with Gasteiger partial charge in [0.25, 0.3) is 5.91 Å². The highest BCUT2D eigenvalue weighted by Gasteiger charge is 2.35. The molecule has 0 saturated carbocycles. The van der Waals surface area contributed by atoms with Gasteiger partial charge < -0.3 is 19.5 Å². The Hall–Kier alpha value is -3.38. The van der Waals surface area contributed by atoms with Gasteiger partial charge in [-0.2, -0.15) is 0 Å². The fourth-order valence-electron chi connectivity index (χ4n) is 3.62. The summed E-state index contributed by atoms with van der Waals surface area (Å²) in [5, 5.41) is 3.49. The van der Waals surface area contributed by atoms with Crippen LogP contribution in [0.25, 0.3) is 0 Å². The average Bonchev–Trinajstić information content (AvgIpc) is 2.83. The maximum absolute atomic E-state index is 13.6. The third-order valence-corrected chi connectivity index (χ3v) is 5.28. The maximum atomic E-state index is 13.6. The molecule has 0 spiro atoms. The topological polar surface area (TPSA) is 60.0 Å². The summed E-state index contributed by atoms with van der Waals surface area (Å²) < 4.78 is 16.3. The number of rotatable bonds is 7. The van der Waals surface area contributed by atoms with Crippen LogP contribution >= 0.6 is 11.6 Å². The second-order valence-corrected chi connectivity index (χ2v) is 7.29. The summed E-state index contributed by atoms with van der Waals surface area (Å²) in [5.41, 5.74) is 2.87. The zero-order valence-corrected chi connectivity index (χ0v) is 18.1. The first kappa shape index (κ1) is 20.9. The third-order valence-electron chi connectivity index (χ3n) is 5.13. The first-order chi connectivity index (χ1) is 15.2. The Morgan fingerprint density at radius 1 is 0.935 bits per heavy atom. The van der Waals surface area contributed by atoms with Crippen molar-refractivity contribution in [3.05, 3.63) is 77.9 Å². The third kappa shape index (κ3) is 4.11. The molecule has 160 valence electrons. The number of nitrogens with one attached hydrogen (secondary N) is 1. The van der Waals surface area contributed by atoms with Gasteiger partial charge in [0.1, 0.15) is 30.0 Å². The average molecular weight is 439 g/mol. The Balaban J connectivity index is 1.77. The number of alkyl halides is 1. The van der Waals surface area contributed by atoms with E-state index in [1.54, 1.807) is 25.2 Å². The highest BCUT2D eigenvalue weighted by Crippen LogP contribution is 2.41. The number of anilines is 2. The van der Waals surface area contributed by atoms with Gasteiger partial charge in [0.05, 0.1) is 31.4 Å². The lowest BCUT2D eigenvalue weighted by molar-refractivity contribution is 0.0974. The fourth-order valence-corrected chi connectivity index (χ4v) is 3.70. The monoisotopic (exact) mass is 438 g/mol. The molecule has 1 atom stereocenters. The van der Waals surface area contributed by atoms with Crippen LogP contribution in [0.4, 0.5) is 11.4 Å². The van der Waals surface area contributed by atoms with E-state index in [9.17, 15) is 4.79 Å². The molecule has 6 nitrogen and oxygen atoms in total. The molecule has 0 fully saturated rings. The maximum Gasteiger partial charge on any atom is 0.262 e. The number of nitrogens with zero attached hydrogens (tertiary/aromatic N) is 1. The predicted octanol–water partition coefficient (Wildman–Crippen LogP) is 5.09. The summed E-state index contributed by atoms with van der Waals surface area (Å²) in [5.74, 6) is 2.36. The summed E-state index contributed by atoms with van der Waals surface area (Å²) in [7, 11) is 3.21. The van der Waals surface area contributed by atoms with Crippen molar-refractivity contribution in [3.63, 3.8) is 0 Å². The molecule has 4 rings (SSSR count). The standard InChI is InChI=1S/C24H23ClN2O4/c1-29-18-12-8-17(9-13-18)27-23(16-6-10-19(11-7-16)31-15-14-25)26-22-20(24(27)28)4-3-5-21(22)30-2/h3-13,23,26H,14-15H2,1-2H3. The van der Waals surface area contributed by atoms with Crippen molar-refractivity contribution >= 4 is 28.9 Å². The molecule has 0 aliphatic carbocycles. The molecule has 1 unspecified atom stereocenters. The lowest BCUT2D eigenvalue weighted by Crippen LogP contribution is -2.43. The van der Waals surface area contributed by atoms with Crippen LogP contribution < -0.4 is 24.4 Å². The summed E-state index contributed by atoms with van der Waals surface area (Å²) in [6, 6.07) is 20.5. The van der Waals surface area contributed by atoms with Gasteiger partial charge >= 0.3 is 0 Å². The molecule has 1 N–H and O–H groups in total. The zero-order valence-electron chi connectivity index (χ0n) is 17.3. The van der Waals surface area contributed by atoms with Gasteiger partial charge in [0, 0.05) is 5.69 Å². The summed E-state index contributed by atoms with van der Waals surface area (Å²) in [4.78, 5) is 15.3. The van der Waals surface area contributed by atoms with E-state index in [4.69, 9.17) is 25.8 Å². The second-order valence-electron chi connectivity index (χ2n) is 6.91. The van der Waals surface area contributed by atoms with Gasteiger partial charge in [-0.25, -0.2) is 0 Å². The molecular weight excluding hydrogens is 416 g/mol. The molecule has 3 aromatic carbocycles. The molecule has 1 amide bonds. The highest BCUT2D eigenvalue weighted by molar-refractivity contribution is 6.18. The van der Waals surface area contributed by atoms with Crippen LogP contribution in [0.3, 0.4) is 0 Å². The molecule has 1 heterocycles. The van der Waals surface area contributed by atoms with E-state index in [-0.39, 0.29) is 5.91 Å². The lowest BCUT2D eigenvalue weighted by Gasteiger charge is -2.38. The minimum Gasteiger partial charge on any atom is -0.497 e. The van der Waals surface area contributed by atoms with Crippen LogP contribution in [-0.4, -0.2) is 32.6 Å². The van der Waals surface area contributed by atoms with Crippen molar-refractivity contribution in [1.82, 2.24) is 0 Å². The van der Waals surface area contributed by atoms with E-state index in [1.165, 1.54) is 0 Å². The molecule has 0 aromatic heterocycles. The van der Waals surface area contributed by atoms with Crippen molar-refractivity contribution < 1.29 is 19.0 Å². The van der Waals surface area contributed by atoms with Crippen molar-refractivity contribution in [2.75, 3.05) is 36.9 Å². The van der Waals surface area contributed by atoms with Gasteiger partial charge in [0.15, 0.2) is 0 Å². The van der Waals surface area contributed by atoms with Gasteiger partial charge in [-0.3, -0.25) is 9.69 Å². The quantitative estimate of drug-likeness (QED) is 0.520. The van der Waals surface area contributed by atoms with Crippen molar-refractivity contribution in [1.29, 1.82) is 0 Å². The number of carbonyl (C=O) groups is 1. The molecule has 31 heavy (non-hydrogen) atoms. The molecule has 0 bridgehead atoms. The number of carbonyl (C=O) groups excluding carboxylic acids is 1. The van der Waals surface area contributed by atoms with E-state index in [0.717, 1.165) is 22.7 Å². The summed E-state index contributed by atoms with van der Waals surface area (Å²) >= 11 is 5.71. The Kier molecular flexibility index (Phi) is 6.18. The predicted molar refractivity (Wildman–Crippen MR) is 122 cm³/mol. The molecule has 0 radical (unpaired) electrons. The molecule has 3 aromatic rings. The molecule has 0 saturated heterocycles. The Morgan fingerprint density at radius 2 is 1.65 bits per heavy atom. The SMILES string of the molecule is COc1ccc(N2C(=O)c3cccc(OC)c3NC2c2ccc(OCCCl)cc2)cc1. The van der Waals surface area contributed by atoms with E-state index in [1.807, 2.05) is 60.7 Å². The molecule has 1 aliphatic heterocycles. The molecule has 7 heteroatoms. The van der Waals surface area contributed by atoms with Crippen molar-refractivity contribution in [3.8, 4) is 17.2 Å². The Bertz CT molecular complexity index is 1050. The highest BCUT2D eigenvalue weighted by atomic mass is 35.5. The number of hydrogen-bond acceptors (Lipinski definition) is 5. The number of hydrogen-bond donors (Lipinski definition) is 1. The first-order valence-electron chi connectivity index (χ1n) is 9.86. The van der Waals surface area contributed by atoms with Crippen molar-refractivity contribution in [2.45, 2.75) is 6.17 Å². The summed E-state index contributed by atoms with van der Waals surface area (Å²) in [6.07, 6.45) is -0.438. The normalized spacial score (nSPS) is 15.1. The number of amides is 1. The van der Waals surface area contributed by atoms with Gasteiger partial charge in [-0.15, -0.1) is 11.6 Å². The van der Waals surface area contributed by atoms with Crippen LogP contribution in [0.2, 0.25) is 0 Å². The van der Waals surface area contributed by atoms with Crippen LogP contribution in [0, 0.1) is 0 Å².